The van der Waals surface area contributed by atoms with E-state index in [1.807, 2.05) is 18.2 Å². The molecule has 2 aromatic rings. The van der Waals surface area contributed by atoms with Gasteiger partial charge in [-0.05, 0) is 38.1 Å². The van der Waals surface area contributed by atoms with Crippen molar-refractivity contribution in [2.45, 2.75) is 18.9 Å². The van der Waals surface area contributed by atoms with Crippen LogP contribution < -0.4 is 11.0 Å². The van der Waals surface area contributed by atoms with E-state index in [2.05, 4.69) is 22.1 Å². The second kappa shape index (κ2) is 6.17. The molecule has 110 valence electrons. The van der Waals surface area contributed by atoms with Gasteiger partial charge in [0.1, 0.15) is 6.61 Å². The Hall–Kier alpha value is -2.03. The van der Waals surface area contributed by atoms with Gasteiger partial charge in [0.15, 0.2) is 0 Å². The van der Waals surface area contributed by atoms with E-state index in [1.165, 1.54) is 0 Å². The third kappa shape index (κ3) is 3.02. The van der Waals surface area contributed by atoms with Gasteiger partial charge in [0.25, 0.3) is 0 Å². The molecule has 0 bridgehead atoms. The zero-order valence-electron chi connectivity index (χ0n) is 12.1. The molecule has 5 nitrogen and oxygen atoms in total. The first-order valence-corrected chi connectivity index (χ1v) is 7.24. The van der Waals surface area contributed by atoms with Crippen molar-refractivity contribution in [1.29, 1.82) is 0 Å². The maximum atomic E-state index is 11.7. The van der Waals surface area contributed by atoms with E-state index in [4.69, 9.17) is 4.74 Å². The van der Waals surface area contributed by atoms with Gasteiger partial charge in [-0.15, -0.1) is 0 Å². The number of aromatic nitrogens is 2. The van der Waals surface area contributed by atoms with E-state index in [1.54, 1.807) is 11.6 Å². The van der Waals surface area contributed by atoms with Gasteiger partial charge >= 0.3 is 5.69 Å². The summed E-state index contributed by atoms with van der Waals surface area (Å²) in [5, 5.41) is 3.31. The molecule has 2 N–H and O–H groups in total. The number of nitrogens with one attached hydrogen (secondary N) is 2. The van der Waals surface area contributed by atoms with Gasteiger partial charge in [-0.25, -0.2) is 4.79 Å². The number of aryl methyl sites for hydroxylation is 1. The number of piperidine rings is 1. The van der Waals surface area contributed by atoms with E-state index < -0.39 is 0 Å². The van der Waals surface area contributed by atoms with E-state index in [9.17, 15) is 4.79 Å². The first kappa shape index (κ1) is 13.9. The van der Waals surface area contributed by atoms with Gasteiger partial charge in [-0.3, -0.25) is 4.57 Å². The van der Waals surface area contributed by atoms with E-state index in [0.29, 0.717) is 12.7 Å². The molecule has 0 aliphatic carbocycles. The molecule has 21 heavy (non-hydrogen) atoms. The van der Waals surface area contributed by atoms with E-state index in [-0.39, 0.29) is 5.69 Å². The number of para-hydroxylation sites is 1. The number of hydrogen-bond acceptors (Lipinski definition) is 3. The van der Waals surface area contributed by atoms with Gasteiger partial charge in [-0.1, -0.05) is 17.9 Å². The Morgan fingerprint density at radius 2 is 2.19 bits per heavy atom. The van der Waals surface area contributed by atoms with Crippen LogP contribution in [0, 0.1) is 11.8 Å². The molecule has 1 aliphatic heterocycles. The second-order valence-corrected chi connectivity index (χ2v) is 5.25. The molecule has 3 rings (SSSR count). The molecule has 0 amide bonds. The number of hydrogen-bond donors (Lipinski definition) is 2. The summed E-state index contributed by atoms with van der Waals surface area (Å²) in [6, 6.07) is 5.70. The van der Waals surface area contributed by atoms with Crippen molar-refractivity contribution in [2.24, 2.45) is 7.05 Å². The molecule has 0 radical (unpaired) electrons. The quantitative estimate of drug-likeness (QED) is 0.809. The van der Waals surface area contributed by atoms with Crippen LogP contribution in [0.3, 0.4) is 0 Å². The standard InChI is InChI=1S/C16H19N3O2/c1-19-15-12(4-2-6-14(15)18-16(19)20)5-3-11-21-13-7-9-17-10-8-13/h2,4,6,13,17H,7-11H2,1H3,(H,18,20). The third-order valence-corrected chi connectivity index (χ3v) is 3.82. The normalized spacial score (nSPS) is 15.9. The monoisotopic (exact) mass is 285 g/mol. The predicted molar refractivity (Wildman–Crippen MR) is 82.3 cm³/mol. The zero-order chi connectivity index (χ0) is 14.7. The lowest BCUT2D eigenvalue weighted by atomic mass is 10.1. The van der Waals surface area contributed by atoms with Crippen molar-refractivity contribution in [3.05, 3.63) is 34.2 Å². The summed E-state index contributed by atoms with van der Waals surface area (Å²) in [6.07, 6.45) is 2.40. The molecule has 1 saturated heterocycles. The van der Waals surface area contributed by atoms with Gasteiger partial charge in [0.05, 0.1) is 22.7 Å². The number of benzene rings is 1. The smallest absolute Gasteiger partial charge is 0.326 e. The summed E-state index contributed by atoms with van der Waals surface area (Å²) >= 11 is 0. The minimum atomic E-state index is -0.120. The average molecular weight is 285 g/mol. The Labute approximate surface area is 123 Å². The minimum absolute atomic E-state index is 0.120. The summed E-state index contributed by atoms with van der Waals surface area (Å²) in [6.45, 7) is 2.46. The first-order valence-electron chi connectivity index (χ1n) is 7.24. The van der Waals surface area contributed by atoms with Crippen molar-refractivity contribution in [3.8, 4) is 11.8 Å². The largest absolute Gasteiger partial charge is 0.365 e. The highest BCUT2D eigenvalue weighted by molar-refractivity contribution is 5.82. The number of fused-ring (bicyclic) bond motifs is 1. The maximum absolute atomic E-state index is 11.7. The molecule has 5 heteroatoms. The summed E-state index contributed by atoms with van der Waals surface area (Å²) in [4.78, 5) is 14.5. The SMILES string of the molecule is Cn1c(=O)[nH]c2cccc(C#CCOC3CCNCC3)c21. The molecule has 0 spiro atoms. The topological polar surface area (TPSA) is 59.0 Å². The number of nitrogens with zero attached hydrogens (tertiary/aromatic N) is 1. The van der Waals surface area contributed by atoms with Crippen LogP contribution in [0.4, 0.5) is 0 Å². The number of ether oxygens (including phenoxy) is 1. The third-order valence-electron chi connectivity index (χ3n) is 3.82. The highest BCUT2D eigenvalue weighted by atomic mass is 16.5. The van der Waals surface area contributed by atoms with Crippen molar-refractivity contribution in [2.75, 3.05) is 19.7 Å². The Bertz CT molecular complexity index is 742. The van der Waals surface area contributed by atoms with Crippen LogP contribution in [0.2, 0.25) is 0 Å². The lowest BCUT2D eigenvalue weighted by Gasteiger charge is -2.21. The fourth-order valence-corrected chi connectivity index (χ4v) is 2.66. The number of H-pyrrole nitrogens is 1. The van der Waals surface area contributed by atoms with E-state index >= 15 is 0 Å². The Morgan fingerprint density at radius 3 is 3.00 bits per heavy atom. The lowest BCUT2D eigenvalue weighted by molar-refractivity contribution is 0.0548. The van der Waals surface area contributed by atoms with Crippen LogP contribution in [0.1, 0.15) is 18.4 Å². The average Bonchev–Trinajstić information content (AvgIpc) is 2.80. The van der Waals surface area contributed by atoms with Crippen LogP contribution in [0.15, 0.2) is 23.0 Å². The zero-order valence-corrected chi connectivity index (χ0v) is 12.1. The van der Waals surface area contributed by atoms with Gasteiger partial charge < -0.3 is 15.0 Å². The molecular weight excluding hydrogens is 266 g/mol. The van der Waals surface area contributed by atoms with Gasteiger partial charge in [0.2, 0.25) is 0 Å². The molecule has 1 aromatic heterocycles. The van der Waals surface area contributed by atoms with Crippen molar-refractivity contribution >= 4 is 11.0 Å². The van der Waals surface area contributed by atoms with Crippen molar-refractivity contribution < 1.29 is 4.74 Å². The molecule has 2 heterocycles. The van der Waals surface area contributed by atoms with Crippen LogP contribution in [0.25, 0.3) is 11.0 Å². The van der Waals surface area contributed by atoms with Crippen LogP contribution in [0.5, 0.6) is 0 Å². The Kier molecular flexibility index (Phi) is 4.09. The summed E-state index contributed by atoms with van der Waals surface area (Å²) < 4.78 is 7.35. The number of aromatic amines is 1. The highest BCUT2D eigenvalue weighted by Gasteiger charge is 2.12. The van der Waals surface area contributed by atoms with Gasteiger partial charge in [0, 0.05) is 7.05 Å². The van der Waals surface area contributed by atoms with Gasteiger partial charge in [-0.2, -0.15) is 0 Å². The van der Waals surface area contributed by atoms with Crippen LogP contribution in [-0.2, 0) is 11.8 Å². The molecule has 0 unspecified atom stereocenters. The lowest BCUT2D eigenvalue weighted by Crippen LogP contribution is -2.32. The number of imidazole rings is 1. The van der Waals surface area contributed by atoms with Crippen molar-refractivity contribution in [1.82, 2.24) is 14.9 Å². The predicted octanol–water partition coefficient (Wildman–Crippen LogP) is 0.987. The Balaban J connectivity index is 1.73. The van der Waals surface area contributed by atoms with Crippen molar-refractivity contribution in [3.63, 3.8) is 0 Å². The maximum Gasteiger partial charge on any atom is 0.326 e. The second-order valence-electron chi connectivity index (χ2n) is 5.25. The fourth-order valence-electron chi connectivity index (χ4n) is 2.66. The Morgan fingerprint density at radius 1 is 1.38 bits per heavy atom. The van der Waals surface area contributed by atoms with Crippen LogP contribution in [-0.4, -0.2) is 35.4 Å². The van der Waals surface area contributed by atoms with E-state index in [0.717, 1.165) is 42.5 Å². The van der Waals surface area contributed by atoms with Crippen LogP contribution >= 0.6 is 0 Å². The molecule has 0 saturated carbocycles. The molecular formula is C16H19N3O2. The summed E-state index contributed by atoms with van der Waals surface area (Å²) in [5.74, 6) is 6.17. The molecule has 1 fully saturated rings. The number of rotatable bonds is 2. The molecule has 0 atom stereocenters. The fraction of sp³-hybridized carbons (Fsp3) is 0.438. The summed E-state index contributed by atoms with van der Waals surface area (Å²) in [5.41, 5.74) is 2.39. The first-order chi connectivity index (χ1) is 10.3. The minimum Gasteiger partial charge on any atom is -0.365 e. The highest BCUT2D eigenvalue weighted by Crippen LogP contribution is 2.14. The summed E-state index contributed by atoms with van der Waals surface area (Å²) in [7, 11) is 1.75. The molecule has 1 aliphatic rings. The molecule has 1 aromatic carbocycles.